The number of nitrogens with zero attached hydrogens (tertiary/aromatic N) is 1. The van der Waals surface area contributed by atoms with Crippen LogP contribution in [0.3, 0.4) is 0 Å². The van der Waals surface area contributed by atoms with E-state index < -0.39 is 0 Å². The fourth-order valence-corrected chi connectivity index (χ4v) is 2.13. The summed E-state index contributed by atoms with van der Waals surface area (Å²) in [5.74, 6) is 0. The Labute approximate surface area is 125 Å². The molecule has 0 aliphatic carbocycles. The lowest BCUT2D eigenvalue weighted by atomic mass is 10.1. The average molecular weight is 283 g/mol. The second-order valence-corrected chi connectivity index (χ2v) is 5.29. The van der Waals surface area contributed by atoms with E-state index in [2.05, 4.69) is 10.6 Å². The number of aryl methyl sites for hydroxylation is 2. The van der Waals surface area contributed by atoms with Crippen LogP contribution in [-0.4, -0.2) is 20.1 Å². The fourth-order valence-electron chi connectivity index (χ4n) is 2.13. The zero-order chi connectivity index (χ0) is 15.4. The molecule has 4 heteroatoms. The smallest absolute Gasteiger partial charge is 0.323 e. The molecule has 0 aromatic heterocycles. The van der Waals surface area contributed by atoms with Crippen molar-refractivity contribution in [2.45, 2.75) is 13.8 Å². The Morgan fingerprint density at radius 1 is 0.905 bits per heavy atom. The molecule has 4 nitrogen and oxygen atoms in total. The lowest BCUT2D eigenvalue weighted by Gasteiger charge is -2.14. The first-order valence-corrected chi connectivity index (χ1v) is 6.89. The molecule has 0 bridgehead atoms. The van der Waals surface area contributed by atoms with E-state index in [1.54, 1.807) is 0 Å². The van der Waals surface area contributed by atoms with Crippen molar-refractivity contribution in [1.29, 1.82) is 0 Å². The maximum atomic E-state index is 12.1. The minimum absolute atomic E-state index is 0.231. The summed E-state index contributed by atoms with van der Waals surface area (Å²) < 4.78 is 0. The van der Waals surface area contributed by atoms with E-state index in [4.69, 9.17) is 0 Å². The zero-order valence-electron chi connectivity index (χ0n) is 12.9. The molecule has 2 aromatic carbocycles. The van der Waals surface area contributed by atoms with E-state index in [-0.39, 0.29) is 6.03 Å². The molecular weight excluding hydrogens is 262 g/mol. The van der Waals surface area contributed by atoms with Gasteiger partial charge in [0, 0.05) is 31.2 Å². The number of hydrogen-bond donors (Lipinski definition) is 2. The van der Waals surface area contributed by atoms with Gasteiger partial charge in [0.2, 0.25) is 0 Å². The second-order valence-electron chi connectivity index (χ2n) is 5.29. The molecule has 0 aliphatic rings. The van der Waals surface area contributed by atoms with E-state index in [0.29, 0.717) is 0 Å². The molecule has 2 amide bonds. The van der Waals surface area contributed by atoms with Gasteiger partial charge in [0.05, 0.1) is 0 Å². The van der Waals surface area contributed by atoms with Gasteiger partial charge in [-0.15, -0.1) is 0 Å². The highest BCUT2D eigenvalue weighted by Crippen LogP contribution is 2.20. The van der Waals surface area contributed by atoms with Gasteiger partial charge in [-0.25, -0.2) is 4.79 Å². The van der Waals surface area contributed by atoms with E-state index in [1.165, 1.54) is 0 Å². The standard InChI is InChI=1S/C17H21N3O/c1-12-6-5-7-13(2)16(12)19-17(21)18-14-8-10-15(11-9-14)20(3)4/h5-11H,1-4H3,(H2,18,19,21). The summed E-state index contributed by atoms with van der Waals surface area (Å²) in [6, 6.07) is 13.4. The third kappa shape index (κ3) is 3.75. The molecule has 0 fully saturated rings. The highest BCUT2D eigenvalue weighted by atomic mass is 16.2. The van der Waals surface area contributed by atoms with Gasteiger partial charge in [0.25, 0.3) is 0 Å². The van der Waals surface area contributed by atoms with Gasteiger partial charge < -0.3 is 15.5 Å². The van der Waals surface area contributed by atoms with Crippen molar-refractivity contribution < 1.29 is 4.79 Å². The molecule has 21 heavy (non-hydrogen) atoms. The summed E-state index contributed by atoms with van der Waals surface area (Å²) in [4.78, 5) is 14.1. The second kappa shape index (κ2) is 6.31. The molecule has 0 radical (unpaired) electrons. The molecule has 0 unspecified atom stereocenters. The van der Waals surface area contributed by atoms with Gasteiger partial charge in [-0.05, 0) is 49.2 Å². The van der Waals surface area contributed by atoms with Crippen LogP contribution in [0.5, 0.6) is 0 Å². The molecule has 0 spiro atoms. The number of para-hydroxylation sites is 1. The van der Waals surface area contributed by atoms with Gasteiger partial charge in [0.15, 0.2) is 0 Å². The predicted octanol–water partition coefficient (Wildman–Crippen LogP) is 4.01. The van der Waals surface area contributed by atoms with Crippen LogP contribution in [0.15, 0.2) is 42.5 Å². The molecule has 0 saturated carbocycles. The summed E-state index contributed by atoms with van der Waals surface area (Å²) in [5.41, 5.74) is 4.82. The van der Waals surface area contributed by atoms with E-state index in [9.17, 15) is 4.79 Å². The number of benzene rings is 2. The van der Waals surface area contributed by atoms with Crippen molar-refractivity contribution in [3.05, 3.63) is 53.6 Å². The number of hydrogen-bond acceptors (Lipinski definition) is 2. The topological polar surface area (TPSA) is 44.4 Å². The Morgan fingerprint density at radius 2 is 1.48 bits per heavy atom. The minimum Gasteiger partial charge on any atom is -0.378 e. The summed E-state index contributed by atoms with van der Waals surface area (Å²) >= 11 is 0. The van der Waals surface area contributed by atoms with Crippen molar-refractivity contribution in [2.24, 2.45) is 0 Å². The van der Waals surface area contributed by atoms with Gasteiger partial charge in [-0.3, -0.25) is 0 Å². The van der Waals surface area contributed by atoms with Crippen molar-refractivity contribution in [3.63, 3.8) is 0 Å². The van der Waals surface area contributed by atoms with Crippen LogP contribution in [0, 0.1) is 13.8 Å². The maximum absolute atomic E-state index is 12.1. The van der Waals surface area contributed by atoms with E-state index in [0.717, 1.165) is 28.2 Å². The Morgan fingerprint density at radius 3 is 2.00 bits per heavy atom. The quantitative estimate of drug-likeness (QED) is 0.893. The number of carbonyl (C=O) groups is 1. The zero-order valence-corrected chi connectivity index (χ0v) is 12.9. The maximum Gasteiger partial charge on any atom is 0.323 e. The van der Waals surface area contributed by atoms with Crippen LogP contribution in [-0.2, 0) is 0 Å². The summed E-state index contributed by atoms with van der Waals surface area (Å²) in [5, 5.41) is 5.75. The summed E-state index contributed by atoms with van der Waals surface area (Å²) in [7, 11) is 3.96. The van der Waals surface area contributed by atoms with Crippen LogP contribution in [0.2, 0.25) is 0 Å². The Hall–Kier alpha value is -2.49. The van der Waals surface area contributed by atoms with E-state index >= 15 is 0 Å². The number of carbonyl (C=O) groups excluding carboxylic acids is 1. The first-order valence-electron chi connectivity index (χ1n) is 6.89. The summed E-state index contributed by atoms with van der Waals surface area (Å²) in [6.45, 7) is 3.96. The van der Waals surface area contributed by atoms with Crippen molar-refractivity contribution in [2.75, 3.05) is 29.6 Å². The van der Waals surface area contributed by atoms with Crippen LogP contribution >= 0.6 is 0 Å². The Balaban J connectivity index is 2.05. The van der Waals surface area contributed by atoms with Gasteiger partial charge in [0.1, 0.15) is 0 Å². The highest BCUT2D eigenvalue weighted by Gasteiger charge is 2.07. The van der Waals surface area contributed by atoms with Crippen LogP contribution < -0.4 is 15.5 Å². The molecule has 0 atom stereocenters. The fraction of sp³-hybridized carbons (Fsp3) is 0.235. The van der Waals surface area contributed by atoms with Crippen LogP contribution in [0.1, 0.15) is 11.1 Å². The third-order valence-electron chi connectivity index (χ3n) is 3.36. The number of urea groups is 1. The van der Waals surface area contributed by atoms with Gasteiger partial charge >= 0.3 is 6.03 Å². The average Bonchev–Trinajstić information content (AvgIpc) is 2.43. The van der Waals surface area contributed by atoms with Crippen LogP contribution in [0.25, 0.3) is 0 Å². The monoisotopic (exact) mass is 283 g/mol. The molecule has 0 saturated heterocycles. The van der Waals surface area contributed by atoms with Crippen LogP contribution in [0.4, 0.5) is 21.9 Å². The number of rotatable bonds is 3. The molecule has 2 aromatic rings. The SMILES string of the molecule is Cc1cccc(C)c1NC(=O)Nc1ccc(N(C)C)cc1. The molecule has 0 aliphatic heterocycles. The Bertz CT molecular complexity index is 613. The molecule has 0 heterocycles. The third-order valence-corrected chi connectivity index (χ3v) is 3.36. The van der Waals surface area contributed by atoms with E-state index in [1.807, 2.05) is 75.3 Å². The number of amides is 2. The number of anilines is 3. The van der Waals surface area contributed by atoms with Gasteiger partial charge in [-0.1, -0.05) is 18.2 Å². The molecular formula is C17H21N3O. The summed E-state index contributed by atoms with van der Waals surface area (Å²) in [6.07, 6.45) is 0. The van der Waals surface area contributed by atoms with Crippen molar-refractivity contribution in [1.82, 2.24) is 0 Å². The normalized spacial score (nSPS) is 10.1. The lowest BCUT2D eigenvalue weighted by Crippen LogP contribution is -2.20. The first-order chi connectivity index (χ1) is 9.97. The molecule has 110 valence electrons. The number of nitrogens with one attached hydrogen (secondary N) is 2. The highest BCUT2D eigenvalue weighted by molar-refractivity contribution is 6.00. The van der Waals surface area contributed by atoms with Crippen molar-refractivity contribution >= 4 is 23.1 Å². The minimum atomic E-state index is -0.231. The molecule has 2 N–H and O–H groups in total. The van der Waals surface area contributed by atoms with Gasteiger partial charge in [-0.2, -0.15) is 0 Å². The predicted molar refractivity (Wildman–Crippen MR) is 89.3 cm³/mol. The Kier molecular flexibility index (Phi) is 4.48. The first kappa shape index (κ1) is 14.9. The van der Waals surface area contributed by atoms with Crippen molar-refractivity contribution in [3.8, 4) is 0 Å². The lowest BCUT2D eigenvalue weighted by molar-refractivity contribution is 0.262. The largest absolute Gasteiger partial charge is 0.378 e. The molecule has 2 rings (SSSR count).